The maximum absolute atomic E-state index is 11.0. The molecule has 0 aromatic heterocycles. The summed E-state index contributed by atoms with van der Waals surface area (Å²) in [6.07, 6.45) is 0.411. The number of carboxylic acid groups (broad SMARTS) is 1. The smallest absolute Gasteiger partial charge is 0.339 e. The van der Waals surface area contributed by atoms with Gasteiger partial charge >= 0.3 is 5.97 Å². The highest BCUT2D eigenvalue weighted by atomic mass is 16.4. The Balaban J connectivity index is 2.49. The molecular formula is C15H14O4. The standard InChI is InChI=1S/C15H14O4/c1-9-13(16)11(7-10-5-3-2-4-6-10)8-12(14(9)17)15(18)19/h2-6,8,16-17H,7H2,1H3,(H,18,19). The molecule has 0 heterocycles. The number of hydrogen-bond donors (Lipinski definition) is 3. The third-order valence-electron chi connectivity index (χ3n) is 3.06. The lowest BCUT2D eigenvalue weighted by Crippen LogP contribution is -2.01. The van der Waals surface area contributed by atoms with Crippen LogP contribution < -0.4 is 0 Å². The van der Waals surface area contributed by atoms with Crippen LogP contribution in [0.4, 0.5) is 0 Å². The van der Waals surface area contributed by atoms with Crippen molar-refractivity contribution >= 4 is 5.97 Å². The molecule has 2 aromatic rings. The van der Waals surface area contributed by atoms with Gasteiger partial charge in [0.1, 0.15) is 17.1 Å². The maximum Gasteiger partial charge on any atom is 0.339 e. The predicted octanol–water partition coefficient (Wildman–Crippen LogP) is 2.70. The Hall–Kier alpha value is -2.49. The SMILES string of the molecule is Cc1c(O)c(Cc2ccccc2)cc(C(=O)O)c1O. The summed E-state index contributed by atoms with van der Waals surface area (Å²) in [5.74, 6) is -1.66. The van der Waals surface area contributed by atoms with E-state index in [1.54, 1.807) is 0 Å². The van der Waals surface area contributed by atoms with Crippen LogP contribution in [-0.2, 0) is 6.42 Å². The summed E-state index contributed by atoms with van der Waals surface area (Å²) in [6.45, 7) is 1.49. The summed E-state index contributed by atoms with van der Waals surface area (Å²) in [5, 5.41) is 28.7. The van der Waals surface area contributed by atoms with Gasteiger partial charge in [0, 0.05) is 12.0 Å². The molecule has 0 saturated heterocycles. The summed E-state index contributed by atoms with van der Waals surface area (Å²) >= 11 is 0. The molecule has 0 saturated carbocycles. The lowest BCUT2D eigenvalue weighted by Gasteiger charge is -2.11. The van der Waals surface area contributed by atoms with Gasteiger partial charge in [-0.3, -0.25) is 0 Å². The predicted molar refractivity (Wildman–Crippen MR) is 70.7 cm³/mol. The molecule has 0 radical (unpaired) electrons. The van der Waals surface area contributed by atoms with E-state index in [1.807, 2.05) is 30.3 Å². The normalized spacial score (nSPS) is 10.4. The number of aromatic hydroxyl groups is 2. The highest BCUT2D eigenvalue weighted by Crippen LogP contribution is 2.34. The van der Waals surface area contributed by atoms with E-state index < -0.39 is 5.97 Å². The molecule has 19 heavy (non-hydrogen) atoms. The van der Waals surface area contributed by atoms with Crippen molar-refractivity contribution in [2.75, 3.05) is 0 Å². The monoisotopic (exact) mass is 258 g/mol. The van der Waals surface area contributed by atoms with Crippen molar-refractivity contribution < 1.29 is 20.1 Å². The third-order valence-corrected chi connectivity index (χ3v) is 3.06. The molecule has 4 heteroatoms. The molecule has 0 aliphatic rings. The first kappa shape index (κ1) is 13.0. The minimum Gasteiger partial charge on any atom is -0.507 e. The molecule has 0 aliphatic carbocycles. The van der Waals surface area contributed by atoms with Crippen molar-refractivity contribution in [1.29, 1.82) is 0 Å². The van der Waals surface area contributed by atoms with E-state index in [2.05, 4.69) is 0 Å². The molecule has 0 unspecified atom stereocenters. The molecule has 0 amide bonds. The van der Waals surface area contributed by atoms with Crippen molar-refractivity contribution in [3.63, 3.8) is 0 Å². The van der Waals surface area contributed by atoms with Crippen LogP contribution in [0, 0.1) is 6.92 Å². The lowest BCUT2D eigenvalue weighted by atomic mass is 9.98. The second-order valence-corrected chi connectivity index (χ2v) is 4.37. The average molecular weight is 258 g/mol. The molecule has 2 aromatic carbocycles. The average Bonchev–Trinajstić information content (AvgIpc) is 2.40. The molecule has 98 valence electrons. The summed E-state index contributed by atoms with van der Waals surface area (Å²) < 4.78 is 0. The Bertz CT molecular complexity index is 618. The molecule has 2 rings (SSSR count). The zero-order chi connectivity index (χ0) is 14.0. The van der Waals surface area contributed by atoms with Gasteiger partial charge in [0.2, 0.25) is 0 Å². The second kappa shape index (κ2) is 5.02. The Kier molecular flexibility index (Phi) is 3.42. The fourth-order valence-corrected chi connectivity index (χ4v) is 1.98. The number of phenols is 2. The number of hydrogen-bond acceptors (Lipinski definition) is 3. The number of carbonyl (C=O) groups is 1. The molecule has 0 spiro atoms. The van der Waals surface area contributed by atoms with Crippen LogP contribution in [-0.4, -0.2) is 21.3 Å². The summed E-state index contributed by atoms with van der Waals surface area (Å²) in [6, 6.07) is 10.7. The van der Waals surface area contributed by atoms with Gasteiger partial charge in [-0.15, -0.1) is 0 Å². The van der Waals surface area contributed by atoms with Gasteiger partial charge in [-0.1, -0.05) is 30.3 Å². The summed E-state index contributed by atoms with van der Waals surface area (Å²) in [4.78, 5) is 11.0. The number of carboxylic acids is 1. The van der Waals surface area contributed by atoms with Gasteiger partial charge in [-0.05, 0) is 24.1 Å². The van der Waals surface area contributed by atoms with Gasteiger partial charge in [0.25, 0.3) is 0 Å². The quantitative estimate of drug-likeness (QED) is 0.791. The molecule has 0 bridgehead atoms. The van der Waals surface area contributed by atoms with E-state index in [4.69, 9.17) is 5.11 Å². The zero-order valence-corrected chi connectivity index (χ0v) is 10.4. The Morgan fingerprint density at radius 1 is 1.11 bits per heavy atom. The Labute approximate surface area is 110 Å². The van der Waals surface area contributed by atoms with Crippen LogP contribution in [0.3, 0.4) is 0 Å². The van der Waals surface area contributed by atoms with Crippen molar-refractivity contribution in [2.45, 2.75) is 13.3 Å². The fraction of sp³-hybridized carbons (Fsp3) is 0.133. The number of benzene rings is 2. The Morgan fingerprint density at radius 3 is 2.32 bits per heavy atom. The highest BCUT2D eigenvalue weighted by molar-refractivity contribution is 5.92. The van der Waals surface area contributed by atoms with Crippen LogP contribution in [0.25, 0.3) is 0 Å². The number of phenolic OH excluding ortho intramolecular Hbond substituents is 1. The third kappa shape index (κ3) is 2.52. The van der Waals surface area contributed by atoms with Crippen molar-refractivity contribution in [3.8, 4) is 11.5 Å². The summed E-state index contributed by atoms with van der Waals surface area (Å²) in [5.41, 5.74) is 1.44. The largest absolute Gasteiger partial charge is 0.507 e. The molecule has 4 nitrogen and oxygen atoms in total. The van der Waals surface area contributed by atoms with Crippen molar-refractivity contribution in [1.82, 2.24) is 0 Å². The second-order valence-electron chi connectivity index (χ2n) is 4.37. The van der Waals surface area contributed by atoms with Gasteiger partial charge in [-0.2, -0.15) is 0 Å². The highest BCUT2D eigenvalue weighted by Gasteiger charge is 2.18. The number of aromatic carboxylic acids is 1. The Morgan fingerprint density at radius 2 is 1.74 bits per heavy atom. The van der Waals surface area contributed by atoms with Crippen LogP contribution in [0.2, 0.25) is 0 Å². The van der Waals surface area contributed by atoms with E-state index >= 15 is 0 Å². The topological polar surface area (TPSA) is 77.8 Å². The van der Waals surface area contributed by atoms with E-state index in [-0.39, 0.29) is 22.6 Å². The molecule has 0 aliphatic heterocycles. The van der Waals surface area contributed by atoms with E-state index in [1.165, 1.54) is 13.0 Å². The van der Waals surface area contributed by atoms with E-state index in [0.29, 0.717) is 12.0 Å². The fourth-order valence-electron chi connectivity index (χ4n) is 1.98. The first-order valence-electron chi connectivity index (χ1n) is 5.82. The summed E-state index contributed by atoms with van der Waals surface area (Å²) in [7, 11) is 0. The van der Waals surface area contributed by atoms with E-state index in [0.717, 1.165) is 5.56 Å². The molecule has 0 fully saturated rings. The van der Waals surface area contributed by atoms with Crippen LogP contribution in [0.15, 0.2) is 36.4 Å². The maximum atomic E-state index is 11.0. The van der Waals surface area contributed by atoms with Crippen molar-refractivity contribution in [3.05, 3.63) is 58.7 Å². The molecule has 3 N–H and O–H groups in total. The molecule has 0 atom stereocenters. The van der Waals surface area contributed by atoms with Gasteiger partial charge in [0.05, 0.1) is 0 Å². The van der Waals surface area contributed by atoms with Gasteiger partial charge in [0.15, 0.2) is 0 Å². The van der Waals surface area contributed by atoms with Gasteiger partial charge in [-0.25, -0.2) is 4.79 Å². The minimum absolute atomic E-state index is 0.0636. The van der Waals surface area contributed by atoms with Crippen LogP contribution >= 0.6 is 0 Å². The van der Waals surface area contributed by atoms with Crippen LogP contribution in [0.5, 0.6) is 11.5 Å². The zero-order valence-electron chi connectivity index (χ0n) is 10.4. The first-order chi connectivity index (χ1) is 9.00. The lowest BCUT2D eigenvalue weighted by molar-refractivity contribution is 0.0693. The van der Waals surface area contributed by atoms with Crippen LogP contribution in [0.1, 0.15) is 27.0 Å². The first-order valence-corrected chi connectivity index (χ1v) is 5.82. The van der Waals surface area contributed by atoms with Crippen molar-refractivity contribution in [2.24, 2.45) is 0 Å². The van der Waals surface area contributed by atoms with E-state index in [9.17, 15) is 15.0 Å². The van der Waals surface area contributed by atoms with Gasteiger partial charge < -0.3 is 15.3 Å². The minimum atomic E-state index is -1.21. The molecular weight excluding hydrogens is 244 g/mol. The number of rotatable bonds is 3.